The van der Waals surface area contributed by atoms with Crippen LogP contribution in [-0.4, -0.2) is 60.2 Å². The minimum atomic E-state index is -0.406. The second kappa shape index (κ2) is 11.9. The summed E-state index contributed by atoms with van der Waals surface area (Å²) < 4.78 is 12.7. The second-order valence-electron chi connectivity index (χ2n) is 9.13. The van der Waals surface area contributed by atoms with Crippen molar-refractivity contribution in [3.05, 3.63) is 34.1 Å². The second-order valence-corrected chi connectivity index (χ2v) is 9.13. The highest BCUT2D eigenvalue weighted by Crippen LogP contribution is 2.35. The van der Waals surface area contributed by atoms with E-state index in [0.717, 1.165) is 32.2 Å². The molecular formula is C26H34N4O6. The summed E-state index contributed by atoms with van der Waals surface area (Å²) in [5.41, 5.74) is 0.459. The van der Waals surface area contributed by atoms with Crippen LogP contribution in [0.3, 0.4) is 0 Å². The summed E-state index contributed by atoms with van der Waals surface area (Å²) in [7, 11) is 0. The van der Waals surface area contributed by atoms with Gasteiger partial charge in [0.1, 0.15) is 5.56 Å². The molecule has 0 unspecified atom stereocenters. The lowest BCUT2D eigenvalue weighted by Crippen LogP contribution is -2.31. The van der Waals surface area contributed by atoms with Crippen LogP contribution in [0.2, 0.25) is 0 Å². The van der Waals surface area contributed by atoms with Crippen LogP contribution in [0.4, 0.5) is 0 Å². The van der Waals surface area contributed by atoms with Gasteiger partial charge >= 0.3 is 0 Å². The van der Waals surface area contributed by atoms with Gasteiger partial charge in [-0.2, -0.15) is 0 Å². The first-order chi connectivity index (χ1) is 17.5. The molecule has 10 nitrogen and oxygen atoms in total. The monoisotopic (exact) mass is 498 g/mol. The van der Waals surface area contributed by atoms with Crippen LogP contribution in [0.15, 0.2) is 23.1 Å². The third kappa shape index (κ3) is 5.98. The highest BCUT2D eigenvalue weighted by Gasteiger charge is 2.21. The number of aryl methyl sites for hydroxylation is 1. The number of unbranched alkanes of at least 4 members (excludes halogenated alkanes) is 2. The lowest BCUT2D eigenvalue weighted by molar-refractivity contribution is -0.127. The van der Waals surface area contributed by atoms with Gasteiger partial charge in [-0.1, -0.05) is 6.42 Å². The first kappa shape index (κ1) is 25.5. The number of benzene rings is 1. The standard InChI is InChI=1S/C26H34N4O6/c1-2-29-16-19(25(33)18-14-21-22(15-20(18)29)36-17-35-21)26(34)28-10-5-3-4-8-23(31)27-11-7-13-30-12-6-9-24(30)32/h14-16H,2-13,17H2,1H3,(H,27,31)(H,28,34). The van der Waals surface area contributed by atoms with Gasteiger partial charge in [0.15, 0.2) is 11.5 Å². The Labute approximate surface area is 209 Å². The molecule has 36 heavy (non-hydrogen) atoms. The Morgan fingerprint density at radius 2 is 1.78 bits per heavy atom. The van der Waals surface area contributed by atoms with Gasteiger partial charge in [0.25, 0.3) is 5.91 Å². The molecule has 3 heterocycles. The van der Waals surface area contributed by atoms with Gasteiger partial charge in [-0.3, -0.25) is 19.2 Å². The SMILES string of the molecule is CCn1cc(C(=O)NCCCCCC(=O)NCCCN2CCCC2=O)c(=O)c2cc3c(cc21)OCO3. The molecule has 0 radical (unpaired) electrons. The van der Waals surface area contributed by atoms with Crippen molar-refractivity contribution in [2.24, 2.45) is 0 Å². The molecule has 2 aliphatic rings. The fourth-order valence-corrected chi connectivity index (χ4v) is 4.61. The maximum absolute atomic E-state index is 13.0. The maximum Gasteiger partial charge on any atom is 0.256 e. The van der Waals surface area contributed by atoms with E-state index in [4.69, 9.17) is 9.47 Å². The molecule has 2 aromatic rings. The zero-order valence-electron chi connectivity index (χ0n) is 20.8. The molecule has 2 N–H and O–H groups in total. The van der Waals surface area contributed by atoms with E-state index in [-0.39, 0.29) is 29.6 Å². The van der Waals surface area contributed by atoms with Crippen molar-refractivity contribution in [3.8, 4) is 11.5 Å². The Bertz CT molecular complexity index is 1190. The molecule has 1 aromatic heterocycles. The van der Waals surface area contributed by atoms with Crippen molar-refractivity contribution >= 4 is 28.6 Å². The highest BCUT2D eigenvalue weighted by molar-refractivity contribution is 5.97. The summed E-state index contributed by atoms with van der Waals surface area (Å²) in [5.74, 6) is 0.900. The summed E-state index contributed by atoms with van der Waals surface area (Å²) in [6.45, 7) is 5.17. The Morgan fingerprint density at radius 1 is 1.00 bits per heavy atom. The fourth-order valence-electron chi connectivity index (χ4n) is 4.61. The number of pyridine rings is 1. The number of likely N-dealkylation sites (tertiary alicyclic amines) is 1. The quantitative estimate of drug-likeness (QED) is 0.433. The van der Waals surface area contributed by atoms with Crippen molar-refractivity contribution in [1.82, 2.24) is 20.1 Å². The number of fused-ring (bicyclic) bond motifs is 2. The van der Waals surface area contributed by atoms with E-state index < -0.39 is 5.91 Å². The number of nitrogens with zero attached hydrogens (tertiary/aromatic N) is 2. The summed E-state index contributed by atoms with van der Waals surface area (Å²) in [4.78, 5) is 51.2. The molecule has 1 aromatic carbocycles. The molecule has 1 saturated heterocycles. The molecule has 0 saturated carbocycles. The Hall–Kier alpha value is -3.56. The lowest BCUT2D eigenvalue weighted by Gasteiger charge is -2.15. The zero-order chi connectivity index (χ0) is 25.5. The molecule has 0 spiro atoms. The summed E-state index contributed by atoms with van der Waals surface area (Å²) in [6.07, 6.45) is 6.57. The van der Waals surface area contributed by atoms with Crippen LogP contribution in [0.5, 0.6) is 11.5 Å². The smallest absolute Gasteiger partial charge is 0.256 e. The topological polar surface area (TPSA) is 119 Å². The van der Waals surface area contributed by atoms with E-state index in [1.165, 1.54) is 0 Å². The summed E-state index contributed by atoms with van der Waals surface area (Å²) in [5, 5.41) is 6.15. The van der Waals surface area contributed by atoms with Crippen molar-refractivity contribution in [2.45, 2.75) is 58.4 Å². The van der Waals surface area contributed by atoms with Crippen LogP contribution >= 0.6 is 0 Å². The average Bonchev–Trinajstić information content (AvgIpc) is 3.51. The van der Waals surface area contributed by atoms with Crippen LogP contribution in [0.25, 0.3) is 10.9 Å². The Morgan fingerprint density at radius 3 is 2.53 bits per heavy atom. The number of hydrogen-bond donors (Lipinski definition) is 2. The van der Waals surface area contributed by atoms with Crippen molar-refractivity contribution < 1.29 is 23.9 Å². The van der Waals surface area contributed by atoms with Gasteiger partial charge in [-0.25, -0.2) is 0 Å². The summed E-state index contributed by atoms with van der Waals surface area (Å²) in [6, 6.07) is 3.41. The first-order valence-corrected chi connectivity index (χ1v) is 12.8. The Balaban J connectivity index is 1.18. The number of aromatic nitrogens is 1. The Kier molecular flexibility index (Phi) is 8.45. The predicted octanol–water partition coefficient (Wildman–Crippen LogP) is 2.17. The van der Waals surface area contributed by atoms with Crippen molar-refractivity contribution in [1.29, 1.82) is 0 Å². The zero-order valence-corrected chi connectivity index (χ0v) is 20.8. The van der Waals surface area contributed by atoms with Crippen LogP contribution in [0.1, 0.15) is 62.2 Å². The van der Waals surface area contributed by atoms with E-state index in [1.54, 1.807) is 18.3 Å². The van der Waals surface area contributed by atoms with Gasteiger partial charge in [0, 0.05) is 57.8 Å². The van der Waals surface area contributed by atoms with Crippen LogP contribution in [0, 0.1) is 0 Å². The molecule has 2 aliphatic heterocycles. The molecular weight excluding hydrogens is 464 g/mol. The molecule has 0 aliphatic carbocycles. The van der Waals surface area contributed by atoms with Crippen LogP contribution in [-0.2, 0) is 16.1 Å². The van der Waals surface area contributed by atoms with Gasteiger partial charge in [0.05, 0.1) is 10.9 Å². The molecule has 10 heteroatoms. The van der Waals surface area contributed by atoms with Gasteiger partial charge in [-0.05, 0) is 38.7 Å². The molecule has 0 bridgehead atoms. The fraction of sp³-hybridized carbons (Fsp3) is 0.538. The number of carbonyl (C=O) groups excluding carboxylic acids is 3. The van der Waals surface area contributed by atoms with E-state index >= 15 is 0 Å². The summed E-state index contributed by atoms with van der Waals surface area (Å²) >= 11 is 0. The number of amides is 3. The average molecular weight is 499 g/mol. The van der Waals surface area contributed by atoms with Gasteiger partial charge < -0.3 is 29.6 Å². The van der Waals surface area contributed by atoms with E-state index in [0.29, 0.717) is 67.8 Å². The molecule has 1 fully saturated rings. The van der Waals surface area contributed by atoms with E-state index in [1.807, 2.05) is 16.4 Å². The highest BCUT2D eigenvalue weighted by atomic mass is 16.7. The normalized spacial score (nSPS) is 14.5. The van der Waals surface area contributed by atoms with E-state index in [9.17, 15) is 19.2 Å². The van der Waals surface area contributed by atoms with Gasteiger partial charge in [0.2, 0.25) is 24.0 Å². The minimum Gasteiger partial charge on any atom is -0.454 e. The third-order valence-electron chi connectivity index (χ3n) is 6.62. The molecule has 3 amide bonds. The van der Waals surface area contributed by atoms with Crippen LogP contribution < -0.4 is 25.5 Å². The molecule has 194 valence electrons. The van der Waals surface area contributed by atoms with Crippen molar-refractivity contribution in [3.63, 3.8) is 0 Å². The maximum atomic E-state index is 13.0. The molecule has 0 atom stereocenters. The largest absolute Gasteiger partial charge is 0.454 e. The van der Waals surface area contributed by atoms with Crippen molar-refractivity contribution in [2.75, 3.05) is 33.0 Å². The number of ether oxygens (including phenoxy) is 2. The first-order valence-electron chi connectivity index (χ1n) is 12.8. The van der Waals surface area contributed by atoms with E-state index in [2.05, 4.69) is 10.6 Å². The number of nitrogens with one attached hydrogen (secondary N) is 2. The third-order valence-corrected chi connectivity index (χ3v) is 6.62. The van der Waals surface area contributed by atoms with Gasteiger partial charge in [-0.15, -0.1) is 0 Å². The number of hydrogen-bond acceptors (Lipinski definition) is 6. The number of carbonyl (C=O) groups is 3. The number of rotatable bonds is 12. The molecule has 4 rings (SSSR count). The lowest BCUT2D eigenvalue weighted by atomic mass is 10.1. The predicted molar refractivity (Wildman–Crippen MR) is 134 cm³/mol. The minimum absolute atomic E-state index is 0.00364.